The highest BCUT2D eigenvalue weighted by Crippen LogP contribution is 2.25. The van der Waals surface area contributed by atoms with E-state index >= 15 is 0 Å². The van der Waals surface area contributed by atoms with Gasteiger partial charge in [0.1, 0.15) is 4.91 Å². The van der Waals surface area contributed by atoms with E-state index in [4.69, 9.17) is 40.5 Å². The van der Waals surface area contributed by atoms with Gasteiger partial charge < -0.3 is 5.73 Å². The minimum absolute atomic E-state index is 0.211. The van der Waals surface area contributed by atoms with Gasteiger partial charge in [-0.2, -0.15) is 0 Å². The van der Waals surface area contributed by atoms with Crippen molar-refractivity contribution >= 4 is 56.6 Å². The fourth-order valence-corrected chi connectivity index (χ4v) is 3.94. The number of carbonyl (C=O) groups is 1. The number of hydrogen-bond acceptors (Lipinski definition) is 3. The molecule has 1 amide bonds. The Balaban J connectivity index is 2.43. The minimum atomic E-state index is -3.96. The average molecular weight is 405 g/mol. The molecule has 2 rings (SSSR count). The van der Waals surface area contributed by atoms with Crippen LogP contribution < -0.4 is 5.73 Å². The summed E-state index contributed by atoms with van der Waals surface area (Å²) in [6.07, 6.45) is 1.15. The molecule has 0 heterocycles. The number of benzene rings is 2. The van der Waals surface area contributed by atoms with Crippen molar-refractivity contribution in [2.45, 2.75) is 5.75 Å². The molecule has 126 valence electrons. The fourth-order valence-electron chi connectivity index (χ4n) is 1.95. The van der Waals surface area contributed by atoms with Crippen molar-refractivity contribution < 1.29 is 13.2 Å². The molecule has 24 heavy (non-hydrogen) atoms. The van der Waals surface area contributed by atoms with Gasteiger partial charge in [0, 0.05) is 15.1 Å². The number of hydrogen-bond donors (Lipinski definition) is 1. The summed E-state index contributed by atoms with van der Waals surface area (Å²) >= 11 is 17.6. The van der Waals surface area contributed by atoms with Crippen molar-refractivity contribution in [1.82, 2.24) is 0 Å². The number of carbonyl (C=O) groups excluding carboxylic acids is 1. The Bertz CT molecular complexity index is 907. The summed E-state index contributed by atoms with van der Waals surface area (Å²) in [4.78, 5) is 11.1. The zero-order valence-electron chi connectivity index (χ0n) is 12.2. The van der Waals surface area contributed by atoms with E-state index in [9.17, 15) is 13.2 Å². The Kier molecular flexibility index (Phi) is 5.93. The summed E-state index contributed by atoms with van der Waals surface area (Å²) in [5, 5.41) is 1.08. The quantitative estimate of drug-likeness (QED) is 0.762. The largest absolute Gasteiger partial charge is 0.365 e. The molecule has 0 bridgehead atoms. The van der Waals surface area contributed by atoms with Gasteiger partial charge in [-0.1, -0.05) is 53.0 Å². The molecule has 2 aromatic rings. The van der Waals surface area contributed by atoms with Crippen LogP contribution in [-0.4, -0.2) is 14.3 Å². The smallest absolute Gasteiger partial charge is 0.260 e. The van der Waals surface area contributed by atoms with Gasteiger partial charge in [0.2, 0.25) is 0 Å². The van der Waals surface area contributed by atoms with Crippen molar-refractivity contribution in [2.24, 2.45) is 5.73 Å². The molecular weight excluding hydrogens is 393 g/mol. The van der Waals surface area contributed by atoms with Crippen LogP contribution in [0.4, 0.5) is 0 Å². The summed E-state index contributed by atoms with van der Waals surface area (Å²) in [7, 11) is -3.96. The van der Waals surface area contributed by atoms with Gasteiger partial charge in [0.05, 0.1) is 5.75 Å². The van der Waals surface area contributed by atoms with Crippen LogP contribution in [0.1, 0.15) is 11.1 Å². The predicted molar refractivity (Wildman–Crippen MR) is 97.7 cm³/mol. The SMILES string of the molecule is NC(=O)C(=Cc1ccc(Cl)cc1Cl)S(=O)(=O)Cc1ccc(Cl)cc1. The molecule has 0 aliphatic heterocycles. The summed E-state index contributed by atoms with van der Waals surface area (Å²) in [6, 6.07) is 10.7. The second-order valence-electron chi connectivity index (χ2n) is 4.92. The van der Waals surface area contributed by atoms with Crippen molar-refractivity contribution in [1.29, 1.82) is 0 Å². The number of sulfone groups is 1. The molecule has 2 aromatic carbocycles. The third-order valence-electron chi connectivity index (χ3n) is 3.10. The first kappa shape index (κ1) is 18.8. The van der Waals surface area contributed by atoms with Crippen LogP contribution in [0, 0.1) is 0 Å². The number of primary amides is 1. The zero-order valence-corrected chi connectivity index (χ0v) is 15.3. The van der Waals surface area contributed by atoms with Crippen LogP contribution in [0.3, 0.4) is 0 Å². The van der Waals surface area contributed by atoms with Gasteiger partial charge in [-0.25, -0.2) is 8.42 Å². The lowest BCUT2D eigenvalue weighted by atomic mass is 10.2. The van der Waals surface area contributed by atoms with E-state index < -0.39 is 20.6 Å². The summed E-state index contributed by atoms with van der Waals surface area (Å²) < 4.78 is 25.1. The Morgan fingerprint density at radius 2 is 1.58 bits per heavy atom. The van der Waals surface area contributed by atoms with Crippen LogP contribution >= 0.6 is 34.8 Å². The first-order valence-electron chi connectivity index (χ1n) is 6.63. The maximum absolute atomic E-state index is 12.5. The van der Waals surface area contributed by atoms with Gasteiger partial charge >= 0.3 is 0 Å². The molecule has 4 nitrogen and oxygen atoms in total. The molecule has 0 saturated carbocycles. The summed E-state index contributed by atoms with van der Waals surface area (Å²) in [5.74, 6) is -1.44. The molecule has 0 unspecified atom stereocenters. The summed E-state index contributed by atoms with van der Waals surface area (Å²) in [5.41, 5.74) is 6.06. The van der Waals surface area contributed by atoms with Gasteiger partial charge in [-0.05, 0) is 41.5 Å². The predicted octanol–water partition coefficient (Wildman–Crippen LogP) is 4.09. The molecule has 0 fully saturated rings. The van der Waals surface area contributed by atoms with Crippen LogP contribution in [-0.2, 0) is 20.4 Å². The second-order valence-corrected chi connectivity index (χ2v) is 8.16. The van der Waals surface area contributed by atoms with Gasteiger partial charge in [-0.15, -0.1) is 0 Å². The average Bonchev–Trinajstić information content (AvgIpc) is 2.48. The lowest BCUT2D eigenvalue weighted by molar-refractivity contribution is -0.113. The highest BCUT2D eigenvalue weighted by Gasteiger charge is 2.24. The Morgan fingerprint density at radius 3 is 2.12 bits per heavy atom. The fraction of sp³-hybridized carbons (Fsp3) is 0.0625. The normalized spacial score (nSPS) is 12.2. The van der Waals surface area contributed by atoms with Gasteiger partial charge in [-0.3, -0.25) is 4.79 Å². The Hall–Kier alpha value is -1.53. The maximum Gasteiger partial charge on any atom is 0.260 e. The Morgan fingerprint density at radius 1 is 1.00 bits per heavy atom. The number of nitrogens with two attached hydrogens (primary N) is 1. The molecule has 0 spiro atoms. The van der Waals surface area contributed by atoms with E-state index in [-0.39, 0.29) is 10.8 Å². The molecular formula is C16H12Cl3NO3S. The molecule has 8 heteroatoms. The topological polar surface area (TPSA) is 77.2 Å². The zero-order chi connectivity index (χ0) is 17.9. The van der Waals surface area contributed by atoms with E-state index in [1.54, 1.807) is 24.3 Å². The first-order valence-corrected chi connectivity index (χ1v) is 9.41. The highest BCUT2D eigenvalue weighted by molar-refractivity contribution is 7.95. The first-order chi connectivity index (χ1) is 11.2. The number of halogens is 3. The molecule has 0 radical (unpaired) electrons. The van der Waals surface area contributed by atoms with Crippen LogP contribution in [0.5, 0.6) is 0 Å². The molecule has 2 N–H and O–H groups in total. The Labute approximate surface area is 154 Å². The summed E-state index contributed by atoms with van der Waals surface area (Å²) in [6.45, 7) is 0. The van der Waals surface area contributed by atoms with E-state index in [0.29, 0.717) is 21.2 Å². The lowest BCUT2D eigenvalue weighted by Crippen LogP contribution is -2.22. The molecule has 0 aliphatic carbocycles. The van der Waals surface area contributed by atoms with Crippen molar-refractivity contribution in [2.75, 3.05) is 0 Å². The van der Waals surface area contributed by atoms with Gasteiger partial charge in [0.25, 0.3) is 5.91 Å². The molecule has 0 aromatic heterocycles. The van der Waals surface area contributed by atoms with Crippen molar-refractivity contribution in [3.8, 4) is 0 Å². The number of rotatable bonds is 5. The van der Waals surface area contributed by atoms with E-state index in [1.165, 1.54) is 18.2 Å². The third-order valence-corrected chi connectivity index (χ3v) is 5.61. The monoisotopic (exact) mass is 403 g/mol. The maximum atomic E-state index is 12.5. The lowest BCUT2D eigenvalue weighted by Gasteiger charge is -2.08. The van der Waals surface area contributed by atoms with E-state index in [0.717, 1.165) is 6.08 Å². The van der Waals surface area contributed by atoms with Crippen molar-refractivity contribution in [3.63, 3.8) is 0 Å². The molecule has 0 atom stereocenters. The van der Waals surface area contributed by atoms with E-state index in [2.05, 4.69) is 0 Å². The van der Waals surface area contributed by atoms with Gasteiger partial charge in [0.15, 0.2) is 9.84 Å². The van der Waals surface area contributed by atoms with Crippen molar-refractivity contribution in [3.05, 3.63) is 73.6 Å². The van der Waals surface area contributed by atoms with Crippen LogP contribution in [0.15, 0.2) is 47.4 Å². The highest BCUT2D eigenvalue weighted by atomic mass is 35.5. The molecule has 0 saturated heterocycles. The van der Waals surface area contributed by atoms with Crippen LogP contribution in [0.25, 0.3) is 6.08 Å². The van der Waals surface area contributed by atoms with Crippen LogP contribution in [0.2, 0.25) is 15.1 Å². The number of amides is 1. The third kappa shape index (κ3) is 4.74. The van der Waals surface area contributed by atoms with E-state index in [1.807, 2.05) is 0 Å². The standard InChI is InChI=1S/C16H12Cl3NO3S/c17-12-4-1-10(2-5-12)9-24(22,23)15(16(20)21)7-11-3-6-13(18)8-14(11)19/h1-8H,9H2,(H2,20,21). The molecule has 0 aliphatic rings. The minimum Gasteiger partial charge on any atom is -0.365 e. The second kappa shape index (κ2) is 7.57.